The van der Waals surface area contributed by atoms with Gasteiger partial charge in [-0.25, -0.2) is 0 Å². The molecule has 3 nitrogen and oxygen atoms in total. The monoisotopic (exact) mass is 347 g/mol. The Morgan fingerprint density at radius 3 is 2.42 bits per heavy atom. The minimum atomic E-state index is 0.671. The molecule has 0 aliphatic heterocycles. The molecule has 2 N–H and O–H groups in total. The number of hydrogen-bond donors (Lipinski definition) is 1. The lowest BCUT2D eigenvalue weighted by molar-refractivity contribution is 0.308. The third-order valence-corrected chi connectivity index (χ3v) is 4.40. The van der Waals surface area contributed by atoms with Crippen LogP contribution in [0, 0.1) is 0 Å². The van der Waals surface area contributed by atoms with Crippen LogP contribution >= 0.6 is 0 Å². The van der Waals surface area contributed by atoms with Gasteiger partial charge in [0.2, 0.25) is 0 Å². The Kier molecular flexibility index (Phi) is 5.80. The molecular formula is C23H25NO2. The van der Waals surface area contributed by atoms with Crippen molar-refractivity contribution in [3.05, 3.63) is 66.7 Å². The topological polar surface area (TPSA) is 44.5 Å². The molecule has 0 aliphatic carbocycles. The smallest absolute Gasteiger partial charge is 0.130 e. The average Bonchev–Trinajstić information content (AvgIpc) is 2.69. The second kappa shape index (κ2) is 8.43. The first kappa shape index (κ1) is 17.9. The third kappa shape index (κ3) is 3.83. The Labute approximate surface area is 155 Å². The van der Waals surface area contributed by atoms with Crippen molar-refractivity contribution in [3.8, 4) is 33.8 Å². The van der Waals surface area contributed by atoms with Crippen LogP contribution in [-0.4, -0.2) is 13.7 Å². The summed E-state index contributed by atoms with van der Waals surface area (Å²) in [6.45, 7) is 2.82. The highest BCUT2D eigenvalue weighted by Crippen LogP contribution is 2.42. The summed E-state index contributed by atoms with van der Waals surface area (Å²) in [4.78, 5) is 0. The molecule has 3 rings (SSSR count). The second-order valence-corrected chi connectivity index (χ2v) is 6.20. The van der Waals surface area contributed by atoms with Crippen LogP contribution in [0.4, 0.5) is 5.69 Å². The van der Waals surface area contributed by atoms with Crippen molar-refractivity contribution in [3.63, 3.8) is 0 Å². The van der Waals surface area contributed by atoms with Gasteiger partial charge in [-0.05, 0) is 35.7 Å². The van der Waals surface area contributed by atoms with E-state index in [0.717, 1.165) is 52.3 Å². The minimum absolute atomic E-state index is 0.671. The molecular weight excluding hydrogens is 322 g/mol. The van der Waals surface area contributed by atoms with Gasteiger partial charge in [-0.15, -0.1) is 0 Å². The van der Waals surface area contributed by atoms with E-state index >= 15 is 0 Å². The number of methoxy groups -OCH3 is 1. The van der Waals surface area contributed by atoms with Crippen LogP contribution in [0.3, 0.4) is 0 Å². The number of anilines is 1. The molecule has 0 bridgehead atoms. The molecule has 0 aromatic heterocycles. The normalized spacial score (nSPS) is 10.5. The molecule has 0 heterocycles. The van der Waals surface area contributed by atoms with Gasteiger partial charge in [0.15, 0.2) is 0 Å². The first-order chi connectivity index (χ1) is 12.7. The van der Waals surface area contributed by atoms with E-state index < -0.39 is 0 Å². The maximum absolute atomic E-state index is 6.40. The van der Waals surface area contributed by atoms with E-state index in [4.69, 9.17) is 15.2 Å². The van der Waals surface area contributed by atoms with Crippen molar-refractivity contribution < 1.29 is 9.47 Å². The van der Waals surface area contributed by atoms with Gasteiger partial charge in [-0.1, -0.05) is 55.8 Å². The lowest BCUT2D eigenvalue weighted by Crippen LogP contribution is -2.01. The van der Waals surface area contributed by atoms with Crippen molar-refractivity contribution in [2.75, 3.05) is 19.5 Å². The quantitative estimate of drug-likeness (QED) is 0.434. The van der Waals surface area contributed by atoms with Gasteiger partial charge in [0.1, 0.15) is 11.5 Å². The number of nitrogen functional groups attached to an aromatic ring is 1. The maximum Gasteiger partial charge on any atom is 0.130 e. The molecule has 3 aromatic carbocycles. The van der Waals surface area contributed by atoms with Gasteiger partial charge in [0.05, 0.1) is 13.7 Å². The molecule has 0 aliphatic rings. The number of unbranched alkanes of at least 4 members (excludes halogenated alkanes) is 1. The fourth-order valence-electron chi connectivity index (χ4n) is 3.01. The number of rotatable bonds is 7. The Balaban J connectivity index is 2.14. The van der Waals surface area contributed by atoms with Gasteiger partial charge >= 0.3 is 0 Å². The predicted molar refractivity (Wildman–Crippen MR) is 109 cm³/mol. The molecule has 0 saturated heterocycles. The van der Waals surface area contributed by atoms with Gasteiger partial charge in [0, 0.05) is 22.9 Å². The predicted octanol–water partition coefficient (Wildman–Crippen LogP) is 5.79. The van der Waals surface area contributed by atoms with Crippen molar-refractivity contribution in [1.82, 2.24) is 0 Å². The van der Waals surface area contributed by atoms with E-state index in [1.165, 1.54) is 0 Å². The van der Waals surface area contributed by atoms with Crippen molar-refractivity contribution in [2.45, 2.75) is 19.8 Å². The average molecular weight is 347 g/mol. The third-order valence-electron chi connectivity index (χ3n) is 4.40. The van der Waals surface area contributed by atoms with Gasteiger partial charge in [-0.2, -0.15) is 0 Å². The van der Waals surface area contributed by atoms with Gasteiger partial charge in [0.25, 0.3) is 0 Å². The summed E-state index contributed by atoms with van der Waals surface area (Å²) in [6, 6.07) is 22.2. The molecule has 0 spiro atoms. The molecule has 0 fully saturated rings. The molecule has 0 radical (unpaired) electrons. The molecule has 134 valence electrons. The fourth-order valence-corrected chi connectivity index (χ4v) is 3.01. The van der Waals surface area contributed by atoms with Crippen LogP contribution in [0.15, 0.2) is 66.7 Å². The van der Waals surface area contributed by atoms with Crippen molar-refractivity contribution >= 4 is 5.69 Å². The van der Waals surface area contributed by atoms with Crippen LogP contribution in [0.25, 0.3) is 22.3 Å². The lowest BCUT2D eigenvalue weighted by atomic mass is 9.92. The van der Waals surface area contributed by atoms with E-state index in [-0.39, 0.29) is 0 Å². The van der Waals surface area contributed by atoms with Crippen LogP contribution in [0.5, 0.6) is 11.5 Å². The first-order valence-electron chi connectivity index (χ1n) is 8.99. The highest BCUT2D eigenvalue weighted by atomic mass is 16.5. The molecule has 0 saturated carbocycles. The number of hydrogen-bond acceptors (Lipinski definition) is 3. The summed E-state index contributed by atoms with van der Waals surface area (Å²) in [5, 5.41) is 0. The minimum Gasteiger partial charge on any atom is -0.497 e. The number of nitrogens with two attached hydrogens (primary N) is 1. The molecule has 3 heteroatoms. The summed E-state index contributed by atoms with van der Waals surface area (Å²) in [5.41, 5.74) is 11.3. The Morgan fingerprint density at radius 1 is 0.885 bits per heavy atom. The van der Waals surface area contributed by atoms with E-state index in [9.17, 15) is 0 Å². The molecule has 3 aromatic rings. The maximum atomic E-state index is 6.40. The zero-order valence-electron chi connectivity index (χ0n) is 15.4. The lowest BCUT2D eigenvalue weighted by Gasteiger charge is -2.18. The molecule has 0 amide bonds. The van der Waals surface area contributed by atoms with Crippen LogP contribution < -0.4 is 15.2 Å². The van der Waals surface area contributed by atoms with E-state index in [1.54, 1.807) is 7.11 Å². The molecule has 26 heavy (non-hydrogen) atoms. The number of benzene rings is 3. The Morgan fingerprint density at radius 2 is 1.69 bits per heavy atom. The van der Waals surface area contributed by atoms with E-state index in [1.807, 2.05) is 48.5 Å². The molecule has 0 unspecified atom stereocenters. The van der Waals surface area contributed by atoms with Gasteiger partial charge < -0.3 is 15.2 Å². The summed E-state index contributed by atoms with van der Waals surface area (Å²) >= 11 is 0. The summed E-state index contributed by atoms with van der Waals surface area (Å²) in [6.07, 6.45) is 2.09. The first-order valence-corrected chi connectivity index (χ1v) is 8.99. The van der Waals surface area contributed by atoms with E-state index in [2.05, 4.69) is 25.1 Å². The zero-order valence-corrected chi connectivity index (χ0v) is 15.4. The highest BCUT2D eigenvalue weighted by Gasteiger charge is 2.16. The van der Waals surface area contributed by atoms with Gasteiger partial charge in [-0.3, -0.25) is 0 Å². The van der Waals surface area contributed by atoms with Crippen molar-refractivity contribution in [1.29, 1.82) is 0 Å². The second-order valence-electron chi connectivity index (χ2n) is 6.20. The van der Waals surface area contributed by atoms with Crippen LogP contribution in [0.2, 0.25) is 0 Å². The van der Waals surface area contributed by atoms with Crippen LogP contribution in [-0.2, 0) is 0 Å². The number of ether oxygens (including phenoxy) is 2. The SMILES string of the molecule is CCCCOc1cc(OC)ccc1-c1c(N)cccc1-c1ccccc1. The summed E-state index contributed by atoms with van der Waals surface area (Å²) in [7, 11) is 1.66. The summed E-state index contributed by atoms with van der Waals surface area (Å²) in [5.74, 6) is 1.57. The largest absolute Gasteiger partial charge is 0.497 e. The van der Waals surface area contributed by atoms with Crippen LogP contribution in [0.1, 0.15) is 19.8 Å². The Hall–Kier alpha value is -2.94. The van der Waals surface area contributed by atoms with E-state index in [0.29, 0.717) is 6.61 Å². The molecule has 0 atom stereocenters. The standard InChI is InChI=1S/C23H25NO2/c1-3-4-15-26-22-16-18(25-2)13-14-20(22)23-19(11-8-12-21(23)24)17-9-6-5-7-10-17/h5-14,16H,3-4,15,24H2,1-2H3. The zero-order chi connectivity index (χ0) is 18.4. The highest BCUT2D eigenvalue weighted by molar-refractivity contribution is 5.93. The summed E-state index contributed by atoms with van der Waals surface area (Å²) < 4.78 is 11.5. The van der Waals surface area contributed by atoms with Crippen molar-refractivity contribution in [2.24, 2.45) is 0 Å². The Bertz CT molecular complexity index is 859. The fraction of sp³-hybridized carbons (Fsp3) is 0.217.